The van der Waals surface area contributed by atoms with Crippen LogP contribution in [0.3, 0.4) is 0 Å². The second-order valence-corrected chi connectivity index (χ2v) is 13.4. The van der Waals surface area contributed by atoms with Crippen molar-refractivity contribution in [2.75, 3.05) is 52.7 Å². The number of fused-ring (bicyclic) bond motifs is 1. The number of anilines is 1. The molecule has 0 radical (unpaired) electrons. The summed E-state index contributed by atoms with van der Waals surface area (Å²) < 4.78 is 34.3. The van der Waals surface area contributed by atoms with Crippen molar-refractivity contribution in [2.45, 2.75) is 50.2 Å². The summed E-state index contributed by atoms with van der Waals surface area (Å²) in [4.78, 5) is 29.6. The summed E-state index contributed by atoms with van der Waals surface area (Å²) >= 11 is 5.95. The van der Waals surface area contributed by atoms with Crippen molar-refractivity contribution >= 4 is 39.1 Å². The molecule has 10 nitrogen and oxygen atoms in total. The van der Waals surface area contributed by atoms with Crippen LogP contribution in [0.2, 0.25) is 5.02 Å². The van der Waals surface area contributed by atoms with E-state index in [0.29, 0.717) is 34.9 Å². The first-order valence-corrected chi connectivity index (χ1v) is 15.5. The lowest BCUT2D eigenvalue weighted by Gasteiger charge is -2.33. The van der Waals surface area contributed by atoms with Gasteiger partial charge in [-0.2, -0.15) is 4.31 Å². The number of rotatable bonds is 11. The van der Waals surface area contributed by atoms with Gasteiger partial charge in [0.05, 0.1) is 30.5 Å². The first-order valence-electron chi connectivity index (χ1n) is 13.7. The number of benzene rings is 2. The predicted molar refractivity (Wildman–Crippen MR) is 160 cm³/mol. The first kappa shape index (κ1) is 32.8. The number of nitrogens with zero attached hydrogens (tertiary/aromatic N) is 3. The Morgan fingerprint density at radius 1 is 1.20 bits per heavy atom. The third-order valence-electron chi connectivity index (χ3n) is 7.17. The molecule has 0 aromatic heterocycles. The van der Waals surface area contributed by atoms with E-state index >= 15 is 0 Å². The van der Waals surface area contributed by atoms with Crippen LogP contribution in [-0.2, 0) is 26.0 Å². The normalized spacial score (nSPS) is 18.8. The molecule has 12 heteroatoms. The van der Waals surface area contributed by atoms with E-state index in [2.05, 4.69) is 5.32 Å². The minimum Gasteiger partial charge on any atom is -0.488 e. The highest BCUT2D eigenvalue weighted by Crippen LogP contribution is 2.30. The van der Waals surface area contributed by atoms with Crippen LogP contribution < -0.4 is 10.1 Å². The zero-order valence-electron chi connectivity index (χ0n) is 24.3. The van der Waals surface area contributed by atoms with Crippen molar-refractivity contribution in [1.29, 1.82) is 0 Å². The van der Waals surface area contributed by atoms with Gasteiger partial charge in [0.1, 0.15) is 11.9 Å². The van der Waals surface area contributed by atoms with Gasteiger partial charge in [-0.25, -0.2) is 8.42 Å². The lowest BCUT2D eigenvalue weighted by Crippen LogP contribution is -2.48. The Labute approximate surface area is 248 Å². The number of sulfonamides is 1. The van der Waals surface area contributed by atoms with Gasteiger partial charge in [0.2, 0.25) is 21.8 Å². The molecule has 1 aliphatic heterocycles. The van der Waals surface area contributed by atoms with Gasteiger partial charge < -0.3 is 25.0 Å². The molecule has 1 aliphatic rings. The molecule has 3 atom stereocenters. The maximum absolute atomic E-state index is 13.4. The maximum atomic E-state index is 13.4. The molecule has 0 unspecified atom stereocenters. The summed E-state index contributed by atoms with van der Waals surface area (Å²) in [5, 5.41) is 13.2. The highest BCUT2D eigenvalue weighted by atomic mass is 35.5. The quantitative estimate of drug-likeness (QED) is 0.402. The van der Waals surface area contributed by atoms with Gasteiger partial charge >= 0.3 is 0 Å². The van der Waals surface area contributed by atoms with Gasteiger partial charge in [-0.3, -0.25) is 9.59 Å². The van der Waals surface area contributed by atoms with E-state index in [4.69, 9.17) is 16.3 Å². The maximum Gasteiger partial charge on any atom is 0.242 e. The van der Waals surface area contributed by atoms with E-state index in [1.807, 2.05) is 25.9 Å². The molecular formula is C29H41ClN4O6S. The van der Waals surface area contributed by atoms with Crippen molar-refractivity contribution in [2.24, 2.45) is 5.92 Å². The molecule has 2 aromatic rings. The average molecular weight is 609 g/mol. The smallest absolute Gasteiger partial charge is 0.242 e. The van der Waals surface area contributed by atoms with Crippen LogP contribution in [0.4, 0.5) is 5.69 Å². The van der Waals surface area contributed by atoms with Gasteiger partial charge in [0.25, 0.3) is 0 Å². The summed E-state index contributed by atoms with van der Waals surface area (Å²) in [5.41, 5.74) is 1.11. The summed E-state index contributed by atoms with van der Waals surface area (Å²) in [7, 11) is 1.55. The van der Waals surface area contributed by atoms with Crippen LogP contribution in [0.25, 0.3) is 0 Å². The van der Waals surface area contributed by atoms with Crippen LogP contribution in [0.15, 0.2) is 47.4 Å². The Morgan fingerprint density at radius 3 is 2.51 bits per heavy atom. The van der Waals surface area contributed by atoms with E-state index in [-0.39, 0.29) is 48.7 Å². The molecule has 2 amide bonds. The summed E-state index contributed by atoms with van der Waals surface area (Å²) in [5.74, 6) is -0.159. The Bertz CT molecular complexity index is 1300. The number of amides is 2. The van der Waals surface area contributed by atoms with E-state index in [1.165, 1.54) is 35.6 Å². The zero-order chi connectivity index (χ0) is 30.3. The van der Waals surface area contributed by atoms with Crippen molar-refractivity contribution in [1.82, 2.24) is 14.1 Å². The Hall–Kier alpha value is -2.70. The highest BCUT2D eigenvalue weighted by molar-refractivity contribution is 7.89. The van der Waals surface area contributed by atoms with Gasteiger partial charge in [0, 0.05) is 42.2 Å². The molecule has 0 saturated heterocycles. The molecule has 2 aromatic carbocycles. The number of hydrogen-bond donors (Lipinski definition) is 2. The number of aliphatic hydroxyl groups is 1. The standard InChI is InChI=1S/C29H41ClN4O6S/c1-20-17-34(21(2)19-35)29(37)16-22-15-24(31-28(36)7-6-14-32(3)4)10-13-26(22)40-27(20)18-33(5)41(38,39)25-11-8-23(30)9-12-25/h8-13,15,20-21,27,35H,6-7,14,16-19H2,1-5H3,(H,31,36)/t20-,21+,27+/m1/s1. The molecule has 0 bridgehead atoms. The summed E-state index contributed by atoms with van der Waals surface area (Å²) in [6.07, 6.45) is 0.459. The monoisotopic (exact) mass is 608 g/mol. The zero-order valence-corrected chi connectivity index (χ0v) is 25.9. The van der Waals surface area contributed by atoms with E-state index in [9.17, 15) is 23.1 Å². The lowest BCUT2D eigenvalue weighted by atomic mass is 10.0. The Kier molecular flexibility index (Phi) is 11.6. The molecule has 0 aliphatic carbocycles. The lowest BCUT2D eigenvalue weighted by molar-refractivity contribution is -0.134. The van der Waals surface area contributed by atoms with Gasteiger partial charge in [-0.15, -0.1) is 0 Å². The Balaban J connectivity index is 1.90. The fraction of sp³-hybridized carbons (Fsp3) is 0.517. The minimum absolute atomic E-state index is 0.00235. The number of carbonyl (C=O) groups is 2. The number of ether oxygens (including phenoxy) is 1. The number of likely N-dealkylation sites (N-methyl/N-ethyl adjacent to an activating group) is 1. The molecule has 2 N–H and O–H groups in total. The van der Waals surface area contributed by atoms with E-state index in [0.717, 1.165) is 6.54 Å². The number of nitrogens with one attached hydrogen (secondary N) is 1. The second kappa shape index (κ2) is 14.5. The molecule has 3 rings (SSSR count). The topological polar surface area (TPSA) is 119 Å². The van der Waals surface area contributed by atoms with Crippen LogP contribution in [0.1, 0.15) is 32.3 Å². The van der Waals surface area contributed by atoms with E-state index < -0.39 is 22.2 Å². The highest BCUT2D eigenvalue weighted by Gasteiger charge is 2.33. The van der Waals surface area contributed by atoms with Crippen LogP contribution in [0.5, 0.6) is 5.75 Å². The number of hydrogen-bond acceptors (Lipinski definition) is 7. The molecule has 0 saturated carbocycles. The summed E-state index contributed by atoms with van der Waals surface area (Å²) in [6.45, 7) is 4.52. The number of carbonyl (C=O) groups excluding carboxylic acids is 2. The Morgan fingerprint density at radius 2 is 1.88 bits per heavy atom. The van der Waals surface area contributed by atoms with Gasteiger partial charge in [-0.05, 0) is 76.4 Å². The first-order chi connectivity index (χ1) is 19.3. The third kappa shape index (κ3) is 8.89. The second-order valence-electron chi connectivity index (χ2n) is 10.9. The van der Waals surface area contributed by atoms with Crippen molar-refractivity contribution < 1.29 is 27.9 Å². The fourth-order valence-electron chi connectivity index (χ4n) is 4.64. The molecule has 0 fully saturated rings. The van der Waals surface area contributed by atoms with Gasteiger partial charge in [0.15, 0.2) is 0 Å². The summed E-state index contributed by atoms with van der Waals surface area (Å²) in [6, 6.07) is 10.7. The average Bonchev–Trinajstić information content (AvgIpc) is 2.95. The molecule has 226 valence electrons. The predicted octanol–water partition coefficient (Wildman–Crippen LogP) is 3.09. The van der Waals surface area contributed by atoms with Gasteiger partial charge in [-0.1, -0.05) is 18.5 Å². The molecular weight excluding hydrogens is 568 g/mol. The molecule has 1 heterocycles. The van der Waals surface area contributed by atoms with Crippen LogP contribution in [-0.4, -0.2) is 99.0 Å². The number of aliphatic hydroxyl groups excluding tert-OH is 1. The van der Waals surface area contributed by atoms with Crippen LogP contribution >= 0.6 is 11.6 Å². The fourth-order valence-corrected chi connectivity index (χ4v) is 5.95. The van der Waals surface area contributed by atoms with E-state index in [1.54, 1.807) is 30.0 Å². The largest absolute Gasteiger partial charge is 0.488 e. The molecule has 41 heavy (non-hydrogen) atoms. The van der Waals surface area contributed by atoms with Crippen molar-refractivity contribution in [3.8, 4) is 5.75 Å². The number of halogens is 1. The minimum atomic E-state index is -3.84. The van der Waals surface area contributed by atoms with Crippen molar-refractivity contribution in [3.05, 3.63) is 53.1 Å². The molecule has 0 spiro atoms. The van der Waals surface area contributed by atoms with Crippen molar-refractivity contribution in [3.63, 3.8) is 0 Å². The SMILES string of the molecule is C[C@@H]1CN([C@@H](C)CO)C(=O)Cc2cc(NC(=O)CCCN(C)C)ccc2O[C@H]1CN(C)S(=O)(=O)c1ccc(Cl)cc1. The van der Waals surface area contributed by atoms with Crippen LogP contribution in [0, 0.1) is 5.92 Å². The third-order valence-corrected chi connectivity index (χ3v) is 9.26.